The number of nitrogen functional groups attached to an aromatic ring is 1. The van der Waals surface area contributed by atoms with Crippen LogP contribution in [0.5, 0.6) is 0 Å². The SMILES string of the molecule is Cc1cc(NCc2cccc(N)c2C)c(C(N)=O)c(C)n1. The van der Waals surface area contributed by atoms with Gasteiger partial charge >= 0.3 is 0 Å². The second kappa shape index (κ2) is 5.83. The van der Waals surface area contributed by atoms with Crippen LogP contribution in [-0.4, -0.2) is 10.9 Å². The monoisotopic (exact) mass is 284 g/mol. The molecule has 0 saturated heterocycles. The maximum atomic E-state index is 11.6. The van der Waals surface area contributed by atoms with Gasteiger partial charge in [-0.1, -0.05) is 12.1 Å². The van der Waals surface area contributed by atoms with Crippen LogP contribution in [-0.2, 0) is 6.54 Å². The van der Waals surface area contributed by atoms with Crippen molar-refractivity contribution in [3.8, 4) is 0 Å². The fourth-order valence-electron chi connectivity index (χ4n) is 2.36. The number of carbonyl (C=O) groups is 1. The number of carbonyl (C=O) groups excluding carboxylic acids is 1. The Morgan fingerprint density at radius 1 is 1.29 bits per heavy atom. The molecule has 5 heteroatoms. The van der Waals surface area contributed by atoms with E-state index in [4.69, 9.17) is 11.5 Å². The highest BCUT2D eigenvalue weighted by Crippen LogP contribution is 2.22. The number of rotatable bonds is 4. The first kappa shape index (κ1) is 14.8. The summed E-state index contributed by atoms with van der Waals surface area (Å²) in [6.45, 7) is 6.21. The summed E-state index contributed by atoms with van der Waals surface area (Å²) in [5.41, 5.74) is 16.8. The van der Waals surface area contributed by atoms with Gasteiger partial charge in [-0.05, 0) is 44.0 Å². The first-order valence-electron chi connectivity index (χ1n) is 6.76. The molecule has 0 bridgehead atoms. The quantitative estimate of drug-likeness (QED) is 0.751. The van der Waals surface area contributed by atoms with Crippen LogP contribution < -0.4 is 16.8 Å². The third-order valence-electron chi connectivity index (χ3n) is 3.53. The number of nitrogens with zero attached hydrogens (tertiary/aromatic N) is 1. The highest BCUT2D eigenvalue weighted by molar-refractivity contribution is 5.99. The van der Waals surface area contributed by atoms with Crippen LogP contribution in [0.1, 0.15) is 32.9 Å². The number of amides is 1. The minimum absolute atomic E-state index is 0.433. The predicted molar refractivity (Wildman–Crippen MR) is 85.1 cm³/mol. The summed E-state index contributed by atoms with van der Waals surface area (Å²) in [7, 11) is 0. The van der Waals surface area contributed by atoms with Crippen molar-refractivity contribution < 1.29 is 4.79 Å². The molecule has 5 nitrogen and oxygen atoms in total. The van der Waals surface area contributed by atoms with E-state index in [1.807, 2.05) is 38.1 Å². The van der Waals surface area contributed by atoms with E-state index in [2.05, 4.69) is 10.3 Å². The van der Waals surface area contributed by atoms with E-state index in [-0.39, 0.29) is 0 Å². The van der Waals surface area contributed by atoms with E-state index in [0.717, 1.165) is 22.5 Å². The maximum absolute atomic E-state index is 11.6. The highest BCUT2D eigenvalue weighted by atomic mass is 16.1. The van der Waals surface area contributed by atoms with Gasteiger partial charge in [0.05, 0.1) is 16.9 Å². The fraction of sp³-hybridized carbons (Fsp3) is 0.250. The van der Waals surface area contributed by atoms with Gasteiger partial charge in [0.2, 0.25) is 0 Å². The van der Waals surface area contributed by atoms with Crippen molar-refractivity contribution >= 4 is 17.3 Å². The molecule has 1 aromatic heterocycles. The number of primary amides is 1. The molecule has 1 amide bonds. The fourth-order valence-corrected chi connectivity index (χ4v) is 2.36. The summed E-state index contributed by atoms with van der Waals surface area (Å²) in [4.78, 5) is 15.9. The molecular weight excluding hydrogens is 264 g/mol. The Morgan fingerprint density at radius 3 is 2.67 bits per heavy atom. The summed E-state index contributed by atoms with van der Waals surface area (Å²) in [5, 5.41) is 3.26. The van der Waals surface area contributed by atoms with Crippen molar-refractivity contribution in [1.29, 1.82) is 0 Å². The average Bonchev–Trinajstić information content (AvgIpc) is 2.39. The van der Waals surface area contributed by atoms with E-state index < -0.39 is 5.91 Å². The largest absolute Gasteiger partial charge is 0.399 e. The van der Waals surface area contributed by atoms with Crippen LogP contribution in [0.2, 0.25) is 0 Å². The molecule has 2 rings (SSSR count). The average molecular weight is 284 g/mol. The second-order valence-electron chi connectivity index (χ2n) is 5.12. The van der Waals surface area contributed by atoms with Crippen LogP contribution in [0.25, 0.3) is 0 Å². The lowest BCUT2D eigenvalue weighted by Gasteiger charge is -2.14. The molecule has 0 aliphatic rings. The van der Waals surface area contributed by atoms with Gasteiger partial charge in [-0.3, -0.25) is 9.78 Å². The molecule has 0 spiro atoms. The summed E-state index contributed by atoms with van der Waals surface area (Å²) in [6, 6.07) is 7.62. The topological polar surface area (TPSA) is 94.0 Å². The number of benzene rings is 1. The van der Waals surface area contributed by atoms with Gasteiger partial charge in [0.1, 0.15) is 0 Å². The summed E-state index contributed by atoms with van der Waals surface area (Å²) < 4.78 is 0. The molecule has 1 heterocycles. The van der Waals surface area contributed by atoms with Crippen LogP contribution in [0.3, 0.4) is 0 Å². The molecule has 0 aliphatic heterocycles. The number of pyridine rings is 1. The molecule has 0 saturated carbocycles. The first-order valence-corrected chi connectivity index (χ1v) is 6.76. The van der Waals surface area contributed by atoms with Gasteiger partial charge in [-0.15, -0.1) is 0 Å². The number of aromatic nitrogens is 1. The van der Waals surface area contributed by atoms with Gasteiger partial charge in [0.25, 0.3) is 5.91 Å². The first-order chi connectivity index (χ1) is 9.90. The lowest BCUT2D eigenvalue weighted by molar-refractivity contribution is 0.1000. The van der Waals surface area contributed by atoms with Crippen LogP contribution >= 0.6 is 0 Å². The van der Waals surface area contributed by atoms with Crippen molar-refractivity contribution in [2.24, 2.45) is 5.73 Å². The zero-order valence-corrected chi connectivity index (χ0v) is 12.5. The van der Waals surface area contributed by atoms with E-state index in [1.54, 1.807) is 6.92 Å². The number of hydrogen-bond acceptors (Lipinski definition) is 4. The Labute approximate surface area is 124 Å². The van der Waals surface area contributed by atoms with E-state index >= 15 is 0 Å². The van der Waals surface area contributed by atoms with E-state index in [1.165, 1.54) is 0 Å². The maximum Gasteiger partial charge on any atom is 0.252 e. The van der Waals surface area contributed by atoms with Crippen LogP contribution in [0, 0.1) is 20.8 Å². The predicted octanol–water partition coefficient (Wildman–Crippen LogP) is 2.30. The van der Waals surface area contributed by atoms with Gasteiger partial charge in [0.15, 0.2) is 0 Å². The van der Waals surface area contributed by atoms with E-state index in [0.29, 0.717) is 23.5 Å². The van der Waals surface area contributed by atoms with Gasteiger partial charge in [-0.25, -0.2) is 0 Å². The number of aryl methyl sites for hydroxylation is 2. The molecule has 0 radical (unpaired) electrons. The summed E-state index contributed by atoms with van der Waals surface area (Å²) in [5.74, 6) is -0.480. The summed E-state index contributed by atoms with van der Waals surface area (Å²) >= 11 is 0. The third-order valence-corrected chi connectivity index (χ3v) is 3.53. The lowest BCUT2D eigenvalue weighted by Crippen LogP contribution is -2.17. The van der Waals surface area contributed by atoms with Crippen LogP contribution in [0.15, 0.2) is 24.3 Å². The minimum Gasteiger partial charge on any atom is -0.399 e. The zero-order valence-electron chi connectivity index (χ0n) is 12.5. The molecule has 1 aromatic carbocycles. The molecule has 21 heavy (non-hydrogen) atoms. The van der Waals surface area contributed by atoms with Gasteiger partial charge in [-0.2, -0.15) is 0 Å². The van der Waals surface area contributed by atoms with E-state index in [9.17, 15) is 4.79 Å². The highest BCUT2D eigenvalue weighted by Gasteiger charge is 2.13. The van der Waals surface area contributed by atoms with Crippen molar-refractivity contribution in [1.82, 2.24) is 4.98 Å². The Hall–Kier alpha value is -2.56. The standard InChI is InChI=1S/C16H20N4O/c1-9-7-14(15(16(18)21)11(3)20-9)19-8-12-5-4-6-13(17)10(12)2/h4-7H,8,17H2,1-3H3,(H2,18,21)(H,19,20). The third kappa shape index (κ3) is 3.13. The normalized spacial score (nSPS) is 10.4. The molecule has 5 N–H and O–H groups in total. The molecular formula is C16H20N4O. The molecule has 0 fully saturated rings. The van der Waals surface area contributed by atoms with Crippen LogP contribution in [0.4, 0.5) is 11.4 Å². The summed E-state index contributed by atoms with van der Waals surface area (Å²) in [6.07, 6.45) is 0. The minimum atomic E-state index is -0.480. The van der Waals surface area contributed by atoms with Crippen molar-refractivity contribution in [3.05, 3.63) is 52.3 Å². The molecule has 110 valence electrons. The smallest absolute Gasteiger partial charge is 0.252 e. The Balaban J connectivity index is 2.32. The zero-order chi connectivity index (χ0) is 15.6. The number of hydrogen-bond donors (Lipinski definition) is 3. The Morgan fingerprint density at radius 2 is 2.00 bits per heavy atom. The van der Waals surface area contributed by atoms with Crippen molar-refractivity contribution in [2.45, 2.75) is 27.3 Å². The molecule has 0 atom stereocenters. The Kier molecular flexibility index (Phi) is 4.12. The number of anilines is 2. The number of nitrogens with one attached hydrogen (secondary N) is 1. The molecule has 0 unspecified atom stereocenters. The van der Waals surface area contributed by atoms with Crippen molar-refractivity contribution in [2.75, 3.05) is 11.1 Å². The van der Waals surface area contributed by atoms with Crippen molar-refractivity contribution in [3.63, 3.8) is 0 Å². The van der Waals surface area contributed by atoms with Gasteiger partial charge in [0, 0.05) is 17.9 Å². The molecule has 0 aliphatic carbocycles. The van der Waals surface area contributed by atoms with Gasteiger partial charge < -0.3 is 16.8 Å². The Bertz CT molecular complexity index is 695. The number of nitrogens with two attached hydrogens (primary N) is 2. The lowest BCUT2D eigenvalue weighted by atomic mass is 10.1. The molecule has 2 aromatic rings. The second-order valence-corrected chi connectivity index (χ2v) is 5.12.